The fourth-order valence-electron chi connectivity index (χ4n) is 4.72. The summed E-state index contributed by atoms with van der Waals surface area (Å²) in [5, 5.41) is 0.148. The van der Waals surface area contributed by atoms with Gasteiger partial charge >= 0.3 is 0 Å². The highest BCUT2D eigenvalue weighted by atomic mass is 35.5. The minimum Gasteiger partial charge on any atom is -0.338 e. The van der Waals surface area contributed by atoms with Gasteiger partial charge in [-0.3, -0.25) is 9.69 Å². The fourth-order valence-corrected chi connectivity index (χ4v) is 4.96. The highest BCUT2D eigenvalue weighted by Gasteiger charge is 2.29. The summed E-state index contributed by atoms with van der Waals surface area (Å²) in [6.45, 7) is 5.02. The number of hydrogen-bond acceptors (Lipinski definition) is 5. The van der Waals surface area contributed by atoms with Crippen LogP contribution in [-0.4, -0.2) is 71.0 Å². The lowest BCUT2D eigenvalue weighted by atomic mass is 9.91. The lowest BCUT2D eigenvalue weighted by Gasteiger charge is -2.43. The summed E-state index contributed by atoms with van der Waals surface area (Å²) in [5.74, 6) is -0.164. The van der Waals surface area contributed by atoms with Crippen LogP contribution < -0.4 is 4.90 Å². The van der Waals surface area contributed by atoms with Gasteiger partial charge in [-0.05, 0) is 37.0 Å². The Morgan fingerprint density at radius 2 is 1.84 bits per heavy atom. The molecule has 0 N–H and O–H groups in total. The van der Waals surface area contributed by atoms with E-state index in [0.29, 0.717) is 25.9 Å². The predicted octanol–water partition coefficient (Wildman–Crippen LogP) is 3.18. The smallest absolute Gasteiger partial charge is 0.258 e. The van der Waals surface area contributed by atoms with E-state index in [4.69, 9.17) is 16.6 Å². The molecule has 6 nitrogen and oxygen atoms in total. The molecule has 5 rings (SSSR count). The number of aromatic nitrogens is 2. The molecule has 2 aromatic rings. The molecule has 0 spiro atoms. The molecule has 0 radical (unpaired) electrons. The lowest BCUT2D eigenvalue weighted by Crippen LogP contribution is -2.52. The van der Waals surface area contributed by atoms with Gasteiger partial charge in [0.1, 0.15) is 5.82 Å². The number of carbonyl (C=O) groups excluding carboxylic acids is 1. The van der Waals surface area contributed by atoms with E-state index in [1.54, 1.807) is 11.0 Å². The summed E-state index contributed by atoms with van der Waals surface area (Å²) in [4.78, 5) is 29.0. The molecule has 0 bridgehead atoms. The van der Waals surface area contributed by atoms with E-state index < -0.39 is 5.82 Å². The summed E-state index contributed by atoms with van der Waals surface area (Å²) >= 11 is 6.10. The van der Waals surface area contributed by atoms with Gasteiger partial charge in [-0.2, -0.15) is 0 Å². The first-order valence-electron chi connectivity index (χ1n) is 11.2. The summed E-state index contributed by atoms with van der Waals surface area (Å²) in [6.07, 6.45) is 7.22. The van der Waals surface area contributed by atoms with Crippen LogP contribution in [0.4, 0.5) is 10.3 Å². The van der Waals surface area contributed by atoms with Crippen molar-refractivity contribution in [3.8, 4) is 0 Å². The molecular formula is C23H27ClFN5O. The lowest BCUT2D eigenvalue weighted by molar-refractivity contribution is 0.0758. The average Bonchev–Trinajstić information content (AvgIpc) is 2.95. The zero-order chi connectivity index (χ0) is 21.4. The molecule has 2 fully saturated rings. The number of rotatable bonds is 3. The Hall–Kier alpha value is -2.25. The van der Waals surface area contributed by atoms with Gasteiger partial charge in [0.05, 0.1) is 16.3 Å². The van der Waals surface area contributed by atoms with Crippen LogP contribution >= 0.6 is 11.6 Å². The van der Waals surface area contributed by atoms with Crippen molar-refractivity contribution in [3.05, 3.63) is 52.1 Å². The molecular weight excluding hydrogens is 417 g/mol. The Kier molecular flexibility index (Phi) is 5.80. The number of anilines is 1. The third kappa shape index (κ3) is 4.13. The van der Waals surface area contributed by atoms with Crippen molar-refractivity contribution in [1.29, 1.82) is 0 Å². The normalized spacial score (nSPS) is 20.2. The largest absolute Gasteiger partial charge is 0.338 e. The van der Waals surface area contributed by atoms with Gasteiger partial charge in [-0.25, -0.2) is 14.4 Å². The molecule has 1 saturated heterocycles. The van der Waals surface area contributed by atoms with Gasteiger partial charge in [-0.15, -0.1) is 0 Å². The molecule has 1 saturated carbocycles. The van der Waals surface area contributed by atoms with Crippen LogP contribution in [0.15, 0.2) is 24.4 Å². The number of halogens is 2. The van der Waals surface area contributed by atoms with Crippen molar-refractivity contribution in [2.75, 3.05) is 44.2 Å². The van der Waals surface area contributed by atoms with Crippen LogP contribution in [0.25, 0.3) is 0 Å². The van der Waals surface area contributed by atoms with Crippen molar-refractivity contribution in [2.45, 2.75) is 38.1 Å². The molecule has 0 atom stereocenters. The van der Waals surface area contributed by atoms with Crippen molar-refractivity contribution in [3.63, 3.8) is 0 Å². The predicted molar refractivity (Wildman–Crippen MR) is 118 cm³/mol. The fraction of sp³-hybridized carbons (Fsp3) is 0.522. The summed E-state index contributed by atoms with van der Waals surface area (Å²) < 4.78 is 14.2. The van der Waals surface area contributed by atoms with Gasteiger partial charge in [0.2, 0.25) is 5.95 Å². The molecule has 3 aliphatic rings. The zero-order valence-electron chi connectivity index (χ0n) is 17.6. The molecule has 31 heavy (non-hydrogen) atoms. The maximum Gasteiger partial charge on any atom is 0.258 e. The van der Waals surface area contributed by atoms with Crippen LogP contribution in [0.2, 0.25) is 5.02 Å². The first kappa shape index (κ1) is 20.6. The van der Waals surface area contributed by atoms with Gasteiger partial charge in [-0.1, -0.05) is 24.1 Å². The van der Waals surface area contributed by atoms with E-state index in [-0.39, 0.29) is 16.5 Å². The third-order valence-electron chi connectivity index (χ3n) is 6.86. The number of piperazine rings is 1. The Balaban J connectivity index is 1.26. The van der Waals surface area contributed by atoms with E-state index in [1.807, 2.05) is 6.20 Å². The maximum absolute atomic E-state index is 14.2. The van der Waals surface area contributed by atoms with Crippen molar-refractivity contribution in [2.24, 2.45) is 0 Å². The van der Waals surface area contributed by atoms with Gasteiger partial charge in [0, 0.05) is 57.9 Å². The molecule has 2 aliphatic heterocycles. The first-order chi connectivity index (χ1) is 15.1. The Morgan fingerprint density at radius 1 is 1.06 bits per heavy atom. The highest BCUT2D eigenvalue weighted by molar-refractivity contribution is 6.33. The van der Waals surface area contributed by atoms with E-state index >= 15 is 0 Å². The summed E-state index contributed by atoms with van der Waals surface area (Å²) in [7, 11) is 0. The molecule has 3 heterocycles. The second kappa shape index (κ2) is 8.71. The number of carbonyl (C=O) groups is 1. The third-order valence-corrected chi connectivity index (χ3v) is 7.18. The monoisotopic (exact) mass is 443 g/mol. The van der Waals surface area contributed by atoms with Crippen LogP contribution in [-0.2, 0) is 12.8 Å². The van der Waals surface area contributed by atoms with Crippen LogP contribution in [0, 0.1) is 5.82 Å². The van der Waals surface area contributed by atoms with E-state index in [9.17, 15) is 9.18 Å². The maximum atomic E-state index is 14.2. The second-order valence-electron chi connectivity index (χ2n) is 8.64. The molecule has 8 heteroatoms. The Bertz CT molecular complexity index is 954. The number of benzene rings is 1. The molecule has 1 aliphatic carbocycles. The van der Waals surface area contributed by atoms with Crippen molar-refractivity contribution in [1.82, 2.24) is 19.8 Å². The van der Waals surface area contributed by atoms with E-state index in [0.717, 1.165) is 49.4 Å². The van der Waals surface area contributed by atoms with Gasteiger partial charge < -0.3 is 9.80 Å². The molecule has 164 valence electrons. The first-order valence-corrected chi connectivity index (χ1v) is 11.5. The molecule has 0 unspecified atom stereocenters. The quantitative estimate of drug-likeness (QED) is 0.729. The summed E-state index contributed by atoms with van der Waals surface area (Å²) in [6, 6.07) is 5.11. The van der Waals surface area contributed by atoms with Crippen molar-refractivity contribution >= 4 is 23.5 Å². The van der Waals surface area contributed by atoms with Crippen molar-refractivity contribution < 1.29 is 9.18 Å². The van der Waals surface area contributed by atoms with Gasteiger partial charge in [0.25, 0.3) is 5.91 Å². The summed E-state index contributed by atoms with van der Waals surface area (Å²) in [5.41, 5.74) is 2.00. The van der Waals surface area contributed by atoms with E-state index in [1.165, 1.54) is 31.4 Å². The minimum absolute atomic E-state index is 0.0498. The Labute approximate surface area is 187 Å². The van der Waals surface area contributed by atoms with E-state index in [2.05, 4.69) is 14.8 Å². The SMILES string of the molecule is O=C(c1c(F)cccc1Cl)N1CCc2cnc(N3CCN(C4CCC4)CC3)nc2CC1. The van der Waals surface area contributed by atoms with Crippen LogP contribution in [0.5, 0.6) is 0 Å². The Morgan fingerprint density at radius 3 is 2.55 bits per heavy atom. The standard InChI is InChI=1S/C23H27ClFN5O/c24-18-5-2-6-19(25)21(18)22(31)29-9-7-16-15-26-23(27-20(16)8-10-29)30-13-11-28(12-14-30)17-3-1-4-17/h2,5-6,15,17H,1,3-4,7-14H2. The molecule has 1 aromatic heterocycles. The number of hydrogen-bond donors (Lipinski definition) is 0. The minimum atomic E-state index is -0.581. The molecule has 1 amide bonds. The van der Waals surface area contributed by atoms with Crippen LogP contribution in [0.3, 0.4) is 0 Å². The van der Waals surface area contributed by atoms with Crippen LogP contribution in [0.1, 0.15) is 40.9 Å². The topological polar surface area (TPSA) is 52.6 Å². The average molecular weight is 444 g/mol. The highest BCUT2D eigenvalue weighted by Crippen LogP contribution is 2.27. The number of fused-ring (bicyclic) bond motifs is 1. The van der Waals surface area contributed by atoms with Gasteiger partial charge in [0.15, 0.2) is 0 Å². The number of nitrogens with zero attached hydrogens (tertiary/aromatic N) is 5. The second-order valence-corrected chi connectivity index (χ2v) is 9.05. The zero-order valence-corrected chi connectivity index (χ0v) is 18.3. The number of amides is 1. The molecule has 1 aromatic carbocycles.